The third kappa shape index (κ3) is 4.16. The van der Waals surface area contributed by atoms with E-state index in [9.17, 15) is 14.4 Å². The Kier molecular flexibility index (Phi) is 5.69. The Morgan fingerprint density at radius 2 is 1.77 bits per heavy atom. The highest BCUT2D eigenvalue weighted by molar-refractivity contribution is 6.30. The molecule has 0 N–H and O–H groups in total. The van der Waals surface area contributed by atoms with Gasteiger partial charge in [0.1, 0.15) is 5.75 Å². The van der Waals surface area contributed by atoms with Crippen molar-refractivity contribution in [2.24, 2.45) is 0 Å². The Hall–Kier alpha value is -2.17. The van der Waals surface area contributed by atoms with Gasteiger partial charge in [0.2, 0.25) is 0 Å². The lowest BCUT2D eigenvalue weighted by Crippen LogP contribution is -2.23. The van der Waals surface area contributed by atoms with Gasteiger partial charge in [-0.25, -0.2) is 9.59 Å². The van der Waals surface area contributed by atoms with Crippen molar-refractivity contribution in [3.63, 3.8) is 0 Å². The number of esters is 2. The summed E-state index contributed by atoms with van der Waals surface area (Å²) in [6, 6.07) is 4.55. The second kappa shape index (κ2) is 7.73. The van der Waals surface area contributed by atoms with Gasteiger partial charge in [-0.05, 0) is 49.8 Å². The fourth-order valence-electron chi connectivity index (χ4n) is 2.62. The second-order valence-corrected chi connectivity index (χ2v) is 5.27. The zero-order valence-electron chi connectivity index (χ0n) is 12.7. The van der Waals surface area contributed by atoms with Gasteiger partial charge in [0, 0.05) is 6.07 Å². The fourth-order valence-corrected chi connectivity index (χ4v) is 2.62. The average molecular weight is 304 g/mol. The van der Waals surface area contributed by atoms with Crippen LogP contribution >= 0.6 is 0 Å². The van der Waals surface area contributed by atoms with Crippen LogP contribution in [-0.2, 0) is 27.2 Å². The van der Waals surface area contributed by atoms with Crippen molar-refractivity contribution in [1.82, 2.24) is 0 Å². The molecule has 1 aliphatic carbocycles. The van der Waals surface area contributed by atoms with Crippen LogP contribution in [0, 0.1) is 0 Å². The van der Waals surface area contributed by atoms with Crippen LogP contribution in [0.1, 0.15) is 43.7 Å². The lowest BCUT2D eigenvalue weighted by Gasteiger charge is -2.14. The minimum absolute atomic E-state index is 0.0986. The lowest BCUT2D eigenvalue weighted by atomic mass is 9.94. The van der Waals surface area contributed by atoms with E-state index in [0.717, 1.165) is 49.7 Å². The summed E-state index contributed by atoms with van der Waals surface area (Å²) in [5.41, 5.74) is 1.60. The smallest absolute Gasteiger partial charge is 0.422 e. The Morgan fingerprint density at radius 1 is 1.05 bits per heavy atom. The Labute approximate surface area is 129 Å². The fraction of sp³-hybridized carbons (Fsp3) is 0.471. The summed E-state index contributed by atoms with van der Waals surface area (Å²) >= 11 is 0. The zero-order chi connectivity index (χ0) is 15.9. The van der Waals surface area contributed by atoms with Gasteiger partial charge >= 0.3 is 11.9 Å². The quantitative estimate of drug-likeness (QED) is 0.618. The molecule has 22 heavy (non-hydrogen) atoms. The van der Waals surface area contributed by atoms with Gasteiger partial charge in [-0.3, -0.25) is 4.79 Å². The van der Waals surface area contributed by atoms with Crippen molar-refractivity contribution in [3.8, 4) is 5.75 Å². The molecule has 118 valence electrons. The number of rotatable bonds is 2. The van der Waals surface area contributed by atoms with Gasteiger partial charge < -0.3 is 9.47 Å². The van der Waals surface area contributed by atoms with Gasteiger partial charge in [-0.2, -0.15) is 0 Å². The summed E-state index contributed by atoms with van der Waals surface area (Å²) in [6.45, 7) is 1.71. The summed E-state index contributed by atoms with van der Waals surface area (Å²) in [4.78, 5) is 35.0. The van der Waals surface area contributed by atoms with Gasteiger partial charge in [0.25, 0.3) is 0 Å². The van der Waals surface area contributed by atoms with E-state index in [0.29, 0.717) is 0 Å². The first-order chi connectivity index (χ1) is 10.6. The summed E-state index contributed by atoms with van der Waals surface area (Å²) < 4.78 is 9.78. The van der Waals surface area contributed by atoms with E-state index in [1.165, 1.54) is 12.1 Å². The molecule has 0 amide bonds. The molecule has 0 saturated carbocycles. The van der Waals surface area contributed by atoms with Crippen LogP contribution in [0.25, 0.3) is 0 Å². The number of hydrogen-bond acceptors (Lipinski definition) is 5. The van der Waals surface area contributed by atoms with E-state index >= 15 is 0 Å². The lowest BCUT2D eigenvalue weighted by molar-refractivity contribution is -0.161. The molecule has 0 spiro atoms. The highest BCUT2D eigenvalue weighted by Crippen LogP contribution is 2.26. The van der Waals surface area contributed by atoms with Crippen molar-refractivity contribution in [2.75, 3.05) is 6.61 Å². The Balaban J connectivity index is 2.37. The molecule has 0 atom stereocenters. The van der Waals surface area contributed by atoms with E-state index in [2.05, 4.69) is 4.74 Å². The first-order valence-electron chi connectivity index (χ1n) is 7.67. The predicted octanol–water partition coefficient (Wildman–Crippen LogP) is 2.17. The molecule has 0 aliphatic heterocycles. The van der Waals surface area contributed by atoms with Gasteiger partial charge in [0.15, 0.2) is 5.43 Å². The monoisotopic (exact) mass is 304 g/mol. The Bertz CT molecular complexity index is 621. The van der Waals surface area contributed by atoms with E-state index in [1.54, 1.807) is 13.0 Å². The standard InChI is InChI=1S/C17H20O5/c1-2-21-16(19)17(20)22-15-11-13(18)10-9-12-7-5-3-4-6-8-14(12)15/h9-11H,2-8H2,1H3. The van der Waals surface area contributed by atoms with Crippen molar-refractivity contribution in [1.29, 1.82) is 0 Å². The van der Waals surface area contributed by atoms with E-state index in [4.69, 9.17) is 4.74 Å². The van der Waals surface area contributed by atoms with Crippen molar-refractivity contribution >= 4 is 11.9 Å². The van der Waals surface area contributed by atoms with Crippen LogP contribution in [0.4, 0.5) is 0 Å². The van der Waals surface area contributed by atoms with E-state index in [-0.39, 0.29) is 17.8 Å². The van der Waals surface area contributed by atoms with Crippen molar-refractivity contribution < 1.29 is 19.1 Å². The number of ether oxygens (including phenoxy) is 2. The van der Waals surface area contributed by atoms with Crippen LogP contribution in [0.3, 0.4) is 0 Å². The van der Waals surface area contributed by atoms with Gasteiger partial charge in [-0.1, -0.05) is 18.9 Å². The number of fused-ring (bicyclic) bond motifs is 1. The first kappa shape index (κ1) is 16.2. The number of hydrogen-bond donors (Lipinski definition) is 0. The van der Waals surface area contributed by atoms with E-state index in [1.807, 2.05) is 0 Å². The molecule has 0 radical (unpaired) electrons. The van der Waals surface area contributed by atoms with Gasteiger partial charge in [-0.15, -0.1) is 0 Å². The minimum atomic E-state index is -1.09. The molecule has 0 aromatic heterocycles. The molecule has 1 aromatic rings. The third-order valence-corrected chi connectivity index (χ3v) is 3.67. The summed E-state index contributed by atoms with van der Waals surface area (Å²) in [5.74, 6) is -1.94. The molecule has 2 rings (SSSR count). The number of aryl methyl sites for hydroxylation is 1. The molecule has 0 unspecified atom stereocenters. The van der Waals surface area contributed by atoms with Crippen molar-refractivity contribution in [2.45, 2.75) is 45.4 Å². The maximum absolute atomic E-state index is 11.8. The van der Waals surface area contributed by atoms with Crippen LogP contribution in [0.2, 0.25) is 0 Å². The maximum atomic E-state index is 11.8. The first-order valence-corrected chi connectivity index (χ1v) is 7.67. The Morgan fingerprint density at radius 3 is 2.50 bits per heavy atom. The molecule has 5 nitrogen and oxygen atoms in total. The van der Waals surface area contributed by atoms with Crippen LogP contribution in [0.5, 0.6) is 5.75 Å². The molecule has 0 fully saturated rings. The SMILES string of the molecule is CCOC(=O)C(=O)Oc1cc(=O)ccc2c1CCCCCC2. The molecule has 1 aromatic carbocycles. The third-order valence-electron chi connectivity index (χ3n) is 3.67. The maximum Gasteiger partial charge on any atom is 0.422 e. The molecule has 0 saturated heterocycles. The highest BCUT2D eigenvalue weighted by atomic mass is 16.6. The summed E-state index contributed by atoms with van der Waals surface area (Å²) in [5, 5.41) is 0. The highest BCUT2D eigenvalue weighted by Gasteiger charge is 2.20. The minimum Gasteiger partial charge on any atom is -0.458 e. The van der Waals surface area contributed by atoms with Crippen LogP contribution in [0.15, 0.2) is 23.0 Å². The zero-order valence-corrected chi connectivity index (χ0v) is 12.7. The molecule has 0 heterocycles. The molecular weight excluding hydrogens is 284 g/mol. The van der Waals surface area contributed by atoms with Crippen molar-refractivity contribution in [3.05, 3.63) is 39.5 Å². The summed E-state index contributed by atoms with van der Waals surface area (Å²) in [7, 11) is 0. The predicted molar refractivity (Wildman–Crippen MR) is 80.9 cm³/mol. The molecule has 1 aliphatic rings. The van der Waals surface area contributed by atoms with Gasteiger partial charge in [0.05, 0.1) is 6.61 Å². The normalized spacial score (nSPS) is 14.2. The topological polar surface area (TPSA) is 69.7 Å². The largest absolute Gasteiger partial charge is 0.458 e. The number of carbonyl (C=O) groups excluding carboxylic acids is 2. The molecule has 5 heteroatoms. The molecule has 0 bridgehead atoms. The molecular formula is C17H20O5. The van der Waals surface area contributed by atoms with E-state index < -0.39 is 11.9 Å². The number of carbonyl (C=O) groups is 2. The van der Waals surface area contributed by atoms with Crippen LogP contribution < -0.4 is 10.2 Å². The van der Waals surface area contributed by atoms with Crippen LogP contribution in [-0.4, -0.2) is 18.5 Å². The summed E-state index contributed by atoms with van der Waals surface area (Å²) in [6.07, 6.45) is 5.84. The second-order valence-electron chi connectivity index (χ2n) is 5.27. The average Bonchev–Trinajstić information content (AvgIpc) is 2.58.